The van der Waals surface area contributed by atoms with Crippen molar-refractivity contribution < 1.29 is 4.39 Å². The second-order valence-electron chi connectivity index (χ2n) is 6.57. The van der Waals surface area contributed by atoms with Crippen molar-refractivity contribution in [2.75, 3.05) is 18.0 Å². The van der Waals surface area contributed by atoms with Crippen LogP contribution in [0.1, 0.15) is 30.9 Å². The molecule has 1 aliphatic heterocycles. The van der Waals surface area contributed by atoms with Crippen LogP contribution in [0.2, 0.25) is 0 Å². The predicted molar refractivity (Wildman–Crippen MR) is 86.0 cm³/mol. The Morgan fingerprint density at radius 3 is 2.68 bits per heavy atom. The summed E-state index contributed by atoms with van der Waals surface area (Å²) in [6.07, 6.45) is 4.79. The average molecular weight is 301 g/mol. The van der Waals surface area contributed by atoms with Crippen LogP contribution in [0.4, 0.5) is 10.1 Å². The third-order valence-corrected chi connectivity index (χ3v) is 4.80. The van der Waals surface area contributed by atoms with E-state index in [4.69, 9.17) is 5.73 Å². The van der Waals surface area contributed by atoms with Crippen molar-refractivity contribution in [3.05, 3.63) is 39.9 Å². The molecule has 1 atom stereocenters. The molecule has 1 saturated heterocycles. The van der Waals surface area contributed by atoms with Gasteiger partial charge in [-0.05, 0) is 38.3 Å². The van der Waals surface area contributed by atoms with E-state index in [9.17, 15) is 4.79 Å². The summed E-state index contributed by atoms with van der Waals surface area (Å²) < 4.78 is 17.1. The van der Waals surface area contributed by atoms with E-state index in [1.54, 1.807) is 19.1 Å². The van der Waals surface area contributed by atoms with Crippen LogP contribution in [0.25, 0.3) is 10.9 Å². The Bertz CT molecular complexity index is 810. The third-order valence-electron chi connectivity index (χ3n) is 4.80. The van der Waals surface area contributed by atoms with Gasteiger partial charge < -0.3 is 15.2 Å². The van der Waals surface area contributed by atoms with E-state index in [0.29, 0.717) is 34.7 Å². The van der Waals surface area contributed by atoms with Gasteiger partial charge in [0.05, 0.1) is 11.2 Å². The summed E-state index contributed by atoms with van der Waals surface area (Å²) in [7, 11) is 0. The average Bonchev–Trinajstić information content (AvgIpc) is 3.25. The minimum Gasteiger partial charge on any atom is -0.367 e. The number of pyridine rings is 1. The highest BCUT2D eigenvalue weighted by Crippen LogP contribution is 2.39. The van der Waals surface area contributed by atoms with Crippen LogP contribution in [0.3, 0.4) is 0 Å². The largest absolute Gasteiger partial charge is 0.367 e. The zero-order valence-corrected chi connectivity index (χ0v) is 12.7. The molecule has 2 heterocycles. The molecule has 1 aromatic carbocycles. The minimum absolute atomic E-state index is 0.0736. The van der Waals surface area contributed by atoms with Crippen molar-refractivity contribution in [1.29, 1.82) is 0 Å². The second-order valence-corrected chi connectivity index (χ2v) is 6.57. The molecule has 2 N–H and O–H groups in total. The summed E-state index contributed by atoms with van der Waals surface area (Å²) in [5.74, 6) is -0.282. The number of aryl methyl sites for hydroxylation is 1. The fourth-order valence-electron chi connectivity index (χ4n) is 3.42. The van der Waals surface area contributed by atoms with Crippen LogP contribution in [0.15, 0.2) is 23.1 Å². The van der Waals surface area contributed by atoms with E-state index in [1.165, 1.54) is 0 Å². The molecule has 5 heteroatoms. The molecule has 1 unspecified atom stereocenters. The number of aromatic nitrogens is 1. The molecule has 116 valence electrons. The zero-order chi connectivity index (χ0) is 15.4. The molecule has 1 aliphatic carbocycles. The Morgan fingerprint density at radius 1 is 1.27 bits per heavy atom. The van der Waals surface area contributed by atoms with Crippen LogP contribution in [0, 0.1) is 12.7 Å². The van der Waals surface area contributed by atoms with E-state index in [1.807, 2.05) is 15.7 Å². The summed E-state index contributed by atoms with van der Waals surface area (Å²) >= 11 is 0. The molecule has 2 aromatic rings. The Balaban J connectivity index is 1.95. The topological polar surface area (TPSA) is 51.3 Å². The lowest BCUT2D eigenvalue weighted by atomic mass is 10.1. The van der Waals surface area contributed by atoms with Gasteiger partial charge in [0.25, 0.3) is 0 Å². The Kier molecular flexibility index (Phi) is 3.01. The zero-order valence-electron chi connectivity index (χ0n) is 12.7. The Labute approximate surface area is 128 Å². The van der Waals surface area contributed by atoms with Gasteiger partial charge in [0.2, 0.25) is 0 Å². The number of benzene rings is 1. The van der Waals surface area contributed by atoms with Crippen LogP contribution < -0.4 is 16.1 Å². The molecule has 0 radical (unpaired) electrons. The van der Waals surface area contributed by atoms with Gasteiger partial charge in [-0.3, -0.25) is 4.79 Å². The molecule has 0 amide bonds. The maximum Gasteiger partial charge on any atom is 0.192 e. The van der Waals surface area contributed by atoms with E-state index in [-0.39, 0.29) is 17.3 Å². The molecule has 1 saturated carbocycles. The van der Waals surface area contributed by atoms with E-state index in [2.05, 4.69) is 0 Å². The molecular weight excluding hydrogens is 281 g/mol. The minimum atomic E-state index is -0.282. The number of anilines is 1. The molecule has 0 spiro atoms. The highest BCUT2D eigenvalue weighted by molar-refractivity contribution is 5.84. The van der Waals surface area contributed by atoms with Crippen molar-refractivity contribution in [3.8, 4) is 0 Å². The SMILES string of the molecule is Cc1cn(C2CC2)c2c(F)c(N3CCC(N)C3)ccc2c1=O. The Hall–Kier alpha value is -1.88. The monoisotopic (exact) mass is 301 g/mol. The van der Waals surface area contributed by atoms with Gasteiger partial charge in [0.15, 0.2) is 11.2 Å². The van der Waals surface area contributed by atoms with Crippen molar-refractivity contribution in [3.63, 3.8) is 0 Å². The summed E-state index contributed by atoms with van der Waals surface area (Å²) in [6.45, 7) is 3.23. The van der Waals surface area contributed by atoms with Gasteiger partial charge in [-0.25, -0.2) is 4.39 Å². The molecule has 22 heavy (non-hydrogen) atoms. The van der Waals surface area contributed by atoms with Gasteiger partial charge in [-0.2, -0.15) is 0 Å². The maximum absolute atomic E-state index is 15.2. The van der Waals surface area contributed by atoms with E-state index >= 15 is 4.39 Å². The number of nitrogens with zero attached hydrogens (tertiary/aromatic N) is 2. The van der Waals surface area contributed by atoms with Crippen molar-refractivity contribution in [2.45, 2.75) is 38.3 Å². The summed E-state index contributed by atoms with van der Waals surface area (Å²) in [5, 5.41) is 0.483. The summed E-state index contributed by atoms with van der Waals surface area (Å²) in [5.41, 5.74) is 7.56. The number of nitrogens with two attached hydrogens (primary N) is 1. The van der Waals surface area contributed by atoms with E-state index < -0.39 is 0 Å². The first kappa shape index (κ1) is 13.8. The smallest absolute Gasteiger partial charge is 0.192 e. The quantitative estimate of drug-likeness (QED) is 0.926. The number of rotatable bonds is 2. The molecular formula is C17H20FN3O. The lowest BCUT2D eigenvalue weighted by molar-refractivity contribution is 0.617. The predicted octanol–water partition coefficient (Wildman–Crippen LogP) is 2.32. The van der Waals surface area contributed by atoms with Gasteiger partial charge in [-0.1, -0.05) is 0 Å². The highest BCUT2D eigenvalue weighted by atomic mass is 19.1. The molecule has 4 nitrogen and oxygen atoms in total. The van der Waals surface area contributed by atoms with Gasteiger partial charge >= 0.3 is 0 Å². The standard InChI is InChI=1S/C17H20FN3O/c1-10-8-21(12-2-3-12)16-13(17(10)22)4-5-14(15(16)18)20-7-6-11(19)9-20/h4-5,8,11-12H,2-3,6-7,9,19H2,1H3. The van der Waals surface area contributed by atoms with Crippen LogP contribution in [0.5, 0.6) is 0 Å². The van der Waals surface area contributed by atoms with Crippen molar-refractivity contribution >= 4 is 16.6 Å². The second kappa shape index (κ2) is 4.81. The summed E-state index contributed by atoms with van der Waals surface area (Å²) in [4.78, 5) is 14.3. The van der Waals surface area contributed by atoms with Gasteiger partial charge in [0, 0.05) is 42.3 Å². The molecule has 2 aliphatic rings. The normalized spacial score (nSPS) is 21.8. The Morgan fingerprint density at radius 2 is 2.05 bits per heavy atom. The number of halogens is 1. The maximum atomic E-state index is 15.2. The highest BCUT2D eigenvalue weighted by Gasteiger charge is 2.29. The fraction of sp³-hybridized carbons (Fsp3) is 0.471. The van der Waals surface area contributed by atoms with Crippen molar-refractivity contribution in [2.24, 2.45) is 5.73 Å². The number of hydrogen-bond donors (Lipinski definition) is 1. The van der Waals surface area contributed by atoms with Gasteiger partial charge in [-0.15, -0.1) is 0 Å². The first-order valence-corrected chi connectivity index (χ1v) is 7.90. The molecule has 1 aromatic heterocycles. The number of fused-ring (bicyclic) bond motifs is 1. The molecule has 2 fully saturated rings. The van der Waals surface area contributed by atoms with Crippen LogP contribution >= 0.6 is 0 Å². The lowest BCUT2D eigenvalue weighted by Crippen LogP contribution is -2.27. The first-order valence-electron chi connectivity index (χ1n) is 7.90. The summed E-state index contributed by atoms with van der Waals surface area (Å²) in [6, 6.07) is 3.92. The van der Waals surface area contributed by atoms with Gasteiger partial charge in [0.1, 0.15) is 0 Å². The molecule has 4 rings (SSSR count). The lowest BCUT2D eigenvalue weighted by Gasteiger charge is -2.21. The van der Waals surface area contributed by atoms with Crippen molar-refractivity contribution in [1.82, 2.24) is 4.57 Å². The van der Waals surface area contributed by atoms with Crippen LogP contribution in [-0.2, 0) is 0 Å². The number of hydrogen-bond acceptors (Lipinski definition) is 3. The van der Waals surface area contributed by atoms with E-state index in [0.717, 1.165) is 25.8 Å². The first-order chi connectivity index (χ1) is 10.6. The fourth-order valence-corrected chi connectivity index (χ4v) is 3.42. The third kappa shape index (κ3) is 2.03. The molecule has 0 bridgehead atoms. The van der Waals surface area contributed by atoms with Crippen LogP contribution in [-0.4, -0.2) is 23.7 Å².